The number of rotatable bonds is 9. The van der Waals surface area contributed by atoms with Crippen LogP contribution in [0.1, 0.15) is 16.7 Å². The monoisotopic (exact) mass is 375 g/mol. The fourth-order valence-corrected chi connectivity index (χ4v) is 3.25. The third kappa shape index (κ3) is 5.59. The molecule has 0 spiro atoms. The normalized spacial score (nSPS) is 10.3. The highest BCUT2D eigenvalue weighted by Crippen LogP contribution is 2.38. The standard InChI is InChI=1S/C20H25NO4S/c1-14-5-7-15(8-6-14)12-26-13-19(22)21-11-16-9-17(23-2)20(25-4)18(10-16)24-3/h5-10H,11-13H2,1-4H3,(H,21,22). The Morgan fingerprint density at radius 3 is 2.12 bits per heavy atom. The Morgan fingerprint density at radius 2 is 1.58 bits per heavy atom. The van der Waals surface area contributed by atoms with E-state index in [1.54, 1.807) is 33.1 Å². The quantitative estimate of drug-likeness (QED) is 0.726. The molecule has 26 heavy (non-hydrogen) atoms. The molecule has 2 rings (SSSR count). The van der Waals surface area contributed by atoms with Gasteiger partial charge in [-0.15, -0.1) is 11.8 Å². The lowest BCUT2D eigenvalue weighted by Gasteiger charge is -2.14. The number of ether oxygens (including phenoxy) is 3. The van der Waals surface area contributed by atoms with Gasteiger partial charge in [0.25, 0.3) is 0 Å². The summed E-state index contributed by atoms with van der Waals surface area (Å²) in [5.41, 5.74) is 3.34. The molecule has 0 aliphatic carbocycles. The molecule has 0 saturated carbocycles. The molecular weight excluding hydrogens is 350 g/mol. The summed E-state index contributed by atoms with van der Waals surface area (Å²) < 4.78 is 16.0. The summed E-state index contributed by atoms with van der Waals surface area (Å²) in [5.74, 6) is 2.92. The molecule has 0 atom stereocenters. The molecule has 1 amide bonds. The third-order valence-electron chi connectivity index (χ3n) is 3.84. The minimum Gasteiger partial charge on any atom is -0.493 e. The van der Waals surface area contributed by atoms with Crippen molar-refractivity contribution in [1.29, 1.82) is 0 Å². The fourth-order valence-electron chi connectivity index (χ4n) is 2.44. The van der Waals surface area contributed by atoms with Crippen molar-refractivity contribution in [3.05, 3.63) is 53.1 Å². The lowest BCUT2D eigenvalue weighted by Crippen LogP contribution is -2.24. The second kappa shape index (κ2) is 9.97. The van der Waals surface area contributed by atoms with Crippen LogP contribution < -0.4 is 19.5 Å². The zero-order valence-corrected chi connectivity index (χ0v) is 16.4. The first kappa shape index (κ1) is 20.0. The highest BCUT2D eigenvalue weighted by Gasteiger charge is 2.13. The van der Waals surface area contributed by atoms with E-state index in [0.717, 1.165) is 11.3 Å². The molecule has 1 N–H and O–H groups in total. The zero-order valence-electron chi connectivity index (χ0n) is 15.6. The highest BCUT2D eigenvalue weighted by molar-refractivity contribution is 7.99. The molecule has 0 fully saturated rings. The van der Waals surface area contributed by atoms with E-state index in [1.165, 1.54) is 11.1 Å². The van der Waals surface area contributed by atoms with Crippen molar-refractivity contribution >= 4 is 17.7 Å². The maximum absolute atomic E-state index is 12.1. The van der Waals surface area contributed by atoms with Crippen LogP contribution in [-0.4, -0.2) is 33.0 Å². The fraction of sp³-hybridized carbons (Fsp3) is 0.350. The Morgan fingerprint density at radius 1 is 0.962 bits per heavy atom. The summed E-state index contributed by atoms with van der Waals surface area (Å²) in [6, 6.07) is 12.0. The second-order valence-electron chi connectivity index (χ2n) is 5.79. The van der Waals surface area contributed by atoms with Crippen molar-refractivity contribution in [1.82, 2.24) is 5.32 Å². The number of hydrogen-bond donors (Lipinski definition) is 1. The smallest absolute Gasteiger partial charge is 0.230 e. The van der Waals surface area contributed by atoms with E-state index < -0.39 is 0 Å². The molecule has 0 aromatic heterocycles. The molecule has 5 nitrogen and oxygen atoms in total. The van der Waals surface area contributed by atoms with E-state index >= 15 is 0 Å². The molecule has 2 aromatic rings. The molecule has 0 unspecified atom stereocenters. The van der Waals surface area contributed by atoms with Crippen molar-refractivity contribution < 1.29 is 19.0 Å². The van der Waals surface area contributed by atoms with Gasteiger partial charge in [-0.3, -0.25) is 4.79 Å². The van der Waals surface area contributed by atoms with Crippen molar-refractivity contribution in [3.63, 3.8) is 0 Å². The first-order valence-corrected chi connectivity index (χ1v) is 9.41. The molecular formula is C20H25NO4S. The molecule has 0 aliphatic heterocycles. The number of carbonyl (C=O) groups is 1. The van der Waals surface area contributed by atoms with Crippen molar-refractivity contribution in [3.8, 4) is 17.2 Å². The number of hydrogen-bond acceptors (Lipinski definition) is 5. The number of aryl methyl sites for hydroxylation is 1. The van der Waals surface area contributed by atoms with E-state index in [4.69, 9.17) is 14.2 Å². The van der Waals surface area contributed by atoms with E-state index in [9.17, 15) is 4.79 Å². The van der Waals surface area contributed by atoms with Gasteiger partial charge in [-0.05, 0) is 30.2 Å². The highest BCUT2D eigenvalue weighted by atomic mass is 32.2. The van der Waals surface area contributed by atoms with Gasteiger partial charge in [0.2, 0.25) is 11.7 Å². The average molecular weight is 375 g/mol. The average Bonchev–Trinajstić information content (AvgIpc) is 2.66. The molecule has 2 aromatic carbocycles. The van der Waals surface area contributed by atoms with Gasteiger partial charge in [0.1, 0.15) is 0 Å². The Bertz CT molecular complexity index is 706. The van der Waals surface area contributed by atoms with Crippen LogP contribution in [0.4, 0.5) is 0 Å². The van der Waals surface area contributed by atoms with Gasteiger partial charge < -0.3 is 19.5 Å². The summed E-state index contributed by atoms with van der Waals surface area (Å²) >= 11 is 1.60. The molecule has 0 heterocycles. The maximum atomic E-state index is 12.1. The van der Waals surface area contributed by atoms with E-state index in [0.29, 0.717) is 29.5 Å². The molecule has 140 valence electrons. The minimum atomic E-state index is -0.00383. The lowest BCUT2D eigenvalue weighted by molar-refractivity contribution is -0.118. The van der Waals surface area contributed by atoms with Crippen LogP contribution in [0, 0.1) is 6.92 Å². The van der Waals surface area contributed by atoms with Crippen LogP contribution in [0.5, 0.6) is 17.2 Å². The third-order valence-corrected chi connectivity index (χ3v) is 4.84. The van der Waals surface area contributed by atoms with Gasteiger partial charge in [0.15, 0.2) is 11.5 Å². The maximum Gasteiger partial charge on any atom is 0.230 e. The first-order valence-electron chi connectivity index (χ1n) is 8.26. The van der Waals surface area contributed by atoms with Gasteiger partial charge in [-0.25, -0.2) is 0 Å². The number of amides is 1. The van der Waals surface area contributed by atoms with Crippen LogP contribution in [0.25, 0.3) is 0 Å². The summed E-state index contributed by atoms with van der Waals surface area (Å²) in [5, 5.41) is 2.92. The number of nitrogens with one attached hydrogen (secondary N) is 1. The van der Waals surface area contributed by atoms with Crippen LogP contribution >= 0.6 is 11.8 Å². The Balaban J connectivity index is 1.85. The second-order valence-corrected chi connectivity index (χ2v) is 6.77. The van der Waals surface area contributed by atoms with E-state index in [-0.39, 0.29) is 5.91 Å². The van der Waals surface area contributed by atoms with Gasteiger partial charge in [-0.2, -0.15) is 0 Å². The summed E-state index contributed by atoms with van der Waals surface area (Å²) in [6.45, 7) is 2.47. The number of carbonyl (C=O) groups excluding carboxylic acids is 1. The van der Waals surface area contributed by atoms with Crippen molar-refractivity contribution in [2.24, 2.45) is 0 Å². The number of benzene rings is 2. The van der Waals surface area contributed by atoms with Crippen LogP contribution in [0.2, 0.25) is 0 Å². The van der Waals surface area contributed by atoms with Gasteiger partial charge in [0, 0.05) is 12.3 Å². The van der Waals surface area contributed by atoms with E-state index in [1.807, 2.05) is 12.1 Å². The van der Waals surface area contributed by atoms with Gasteiger partial charge in [0.05, 0.1) is 27.1 Å². The molecule has 0 saturated heterocycles. The predicted molar refractivity (Wildman–Crippen MR) is 105 cm³/mol. The van der Waals surface area contributed by atoms with Crippen LogP contribution in [0.3, 0.4) is 0 Å². The Kier molecular flexibility index (Phi) is 7.66. The number of methoxy groups -OCH3 is 3. The summed E-state index contributed by atoms with van der Waals surface area (Å²) in [6.07, 6.45) is 0. The largest absolute Gasteiger partial charge is 0.493 e. The molecule has 6 heteroatoms. The van der Waals surface area contributed by atoms with E-state index in [2.05, 4.69) is 36.5 Å². The van der Waals surface area contributed by atoms with Crippen LogP contribution in [0.15, 0.2) is 36.4 Å². The summed E-state index contributed by atoms with van der Waals surface area (Å²) in [4.78, 5) is 12.1. The summed E-state index contributed by atoms with van der Waals surface area (Å²) in [7, 11) is 4.70. The SMILES string of the molecule is COc1cc(CNC(=O)CSCc2ccc(C)cc2)cc(OC)c1OC. The van der Waals surface area contributed by atoms with Crippen molar-refractivity contribution in [2.45, 2.75) is 19.2 Å². The molecule has 0 aliphatic rings. The molecule has 0 radical (unpaired) electrons. The topological polar surface area (TPSA) is 56.8 Å². The zero-order chi connectivity index (χ0) is 18.9. The lowest BCUT2D eigenvalue weighted by atomic mass is 10.2. The first-order chi connectivity index (χ1) is 12.6. The van der Waals surface area contributed by atoms with Gasteiger partial charge >= 0.3 is 0 Å². The molecule has 0 bridgehead atoms. The number of thioether (sulfide) groups is 1. The minimum absolute atomic E-state index is 0.00383. The predicted octanol–water partition coefficient (Wildman–Crippen LogP) is 3.57. The van der Waals surface area contributed by atoms with Crippen molar-refractivity contribution in [2.75, 3.05) is 27.1 Å². The van der Waals surface area contributed by atoms with Gasteiger partial charge in [-0.1, -0.05) is 29.8 Å². The Labute approximate surface area is 159 Å². The van der Waals surface area contributed by atoms with Crippen LogP contribution in [-0.2, 0) is 17.1 Å². The Hall–Kier alpha value is -2.34.